The fourth-order valence-electron chi connectivity index (χ4n) is 3.60. The Morgan fingerprint density at radius 1 is 1.29 bits per heavy atom. The van der Waals surface area contributed by atoms with Crippen LogP contribution in [0.4, 0.5) is 15.8 Å². The van der Waals surface area contributed by atoms with Crippen molar-refractivity contribution in [3.8, 4) is 0 Å². The number of rotatable bonds is 3. The number of halogens is 1. The summed E-state index contributed by atoms with van der Waals surface area (Å²) in [6.45, 7) is 2.20. The number of anilines is 2. The Kier molecular flexibility index (Phi) is 4.13. The molecule has 3 nitrogen and oxygen atoms in total. The van der Waals surface area contributed by atoms with Crippen molar-refractivity contribution in [2.75, 3.05) is 10.6 Å². The van der Waals surface area contributed by atoms with E-state index in [0.29, 0.717) is 30.5 Å². The highest BCUT2D eigenvalue weighted by atomic mass is 19.1. The van der Waals surface area contributed by atoms with Crippen molar-refractivity contribution in [1.29, 1.82) is 0 Å². The van der Waals surface area contributed by atoms with E-state index in [1.807, 2.05) is 0 Å². The topological polar surface area (TPSA) is 41.1 Å². The van der Waals surface area contributed by atoms with Crippen LogP contribution in [0, 0.1) is 11.7 Å². The molecule has 0 aromatic heterocycles. The number of hydrogen-bond acceptors (Lipinski definition) is 2. The van der Waals surface area contributed by atoms with Gasteiger partial charge in [-0.1, -0.05) is 26.2 Å². The summed E-state index contributed by atoms with van der Waals surface area (Å²) in [5.74, 6) is 0.429. The molecular weight excluding hydrogens is 267 g/mol. The van der Waals surface area contributed by atoms with E-state index in [1.165, 1.54) is 19.3 Å². The smallest absolute Gasteiger partial charge is 0.224 e. The van der Waals surface area contributed by atoms with Gasteiger partial charge in [-0.15, -0.1) is 0 Å². The summed E-state index contributed by atoms with van der Waals surface area (Å²) in [5.41, 5.74) is 2.19. The third-order valence-electron chi connectivity index (χ3n) is 4.86. The van der Waals surface area contributed by atoms with E-state index in [-0.39, 0.29) is 11.7 Å². The molecule has 2 atom stereocenters. The Balaban J connectivity index is 1.81. The molecule has 0 spiro atoms. The van der Waals surface area contributed by atoms with E-state index in [1.54, 1.807) is 12.1 Å². The first kappa shape index (κ1) is 14.4. The number of nitrogens with one attached hydrogen (secondary N) is 2. The van der Waals surface area contributed by atoms with Gasteiger partial charge in [-0.05, 0) is 42.9 Å². The standard InChI is InChI=1S/C17H23FN2O/c1-2-11-5-3-4-6-14(11)19-16-10-15-12(9-13(16)18)7-8-17(21)20-15/h9-11,14,19H,2-8H2,1H3,(H,20,21). The summed E-state index contributed by atoms with van der Waals surface area (Å²) < 4.78 is 14.3. The molecule has 1 aromatic carbocycles. The van der Waals surface area contributed by atoms with Crippen LogP contribution in [0.25, 0.3) is 0 Å². The van der Waals surface area contributed by atoms with Gasteiger partial charge in [0.15, 0.2) is 0 Å². The van der Waals surface area contributed by atoms with Crippen molar-refractivity contribution in [1.82, 2.24) is 0 Å². The molecule has 1 heterocycles. The Morgan fingerprint density at radius 3 is 2.90 bits per heavy atom. The van der Waals surface area contributed by atoms with Crippen LogP contribution in [0.15, 0.2) is 12.1 Å². The third kappa shape index (κ3) is 3.04. The van der Waals surface area contributed by atoms with E-state index < -0.39 is 0 Å². The minimum atomic E-state index is -0.203. The molecule has 0 radical (unpaired) electrons. The van der Waals surface area contributed by atoms with Gasteiger partial charge in [0, 0.05) is 18.2 Å². The molecule has 1 aliphatic carbocycles. The largest absolute Gasteiger partial charge is 0.380 e. The fourth-order valence-corrected chi connectivity index (χ4v) is 3.60. The molecule has 2 N–H and O–H groups in total. The van der Waals surface area contributed by atoms with Crippen LogP contribution in [-0.4, -0.2) is 11.9 Å². The lowest BCUT2D eigenvalue weighted by Crippen LogP contribution is -2.32. The zero-order valence-corrected chi connectivity index (χ0v) is 12.5. The van der Waals surface area contributed by atoms with Crippen LogP contribution in [-0.2, 0) is 11.2 Å². The number of carbonyl (C=O) groups excluding carboxylic acids is 1. The molecule has 1 aliphatic heterocycles. The van der Waals surface area contributed by atoms with Crippen molar-refractivity contribution >= 4 is 17.3 Å². The molecule has 0 saturated heterocycles. The van der Waals surface area contributed by atoms with Gasteiger partial charge in [0.05, 0.1) is 5.69 Å². The summed E-state index contributed by atoms with van der Waals surface area (Å²) in [7, 11) is 0. The van der Waals surface area contributed by atoms with E-state index in [0.717, 1.165) is 24.1 Å². The SMILES string of the molecule is CCC1CCCCC1Nc1cc2c(cc1F)CCC(=O)N2. The Bertz CT molecular complexity index is 544. The number of fused-ring (bicyclic) bond motifs is 1. The molecule has 114 valence electrons. The number of benzene rings is 1. The van der Waals surface area contributed by atoms with Gasteiger partial charge in [-0.3, -0.25) is 4.79 Å². The molecule has 1 aromatic rings. The summed E-state index contributed by atoms with van der Waals surface area (Å²) in [5, 5.41) is 6.23. The van der Waals surface area contributed by atoms with E-state index in [9.17, 15) is 9.18 Å². The first-order valence-electron chi connectivity index (χ1n) is 8.06. The van der Waals surface area contributed by atoms with Crippen molar-refractivity contribution in [2.45, 2.75) is 57.9 Å². The molecule has 1 fully saturated rings. The second-order valence-corrected chi connectivity index (χ2v) is 6.24. The maximum absolute atomic E-state index is 14.3. The second-order valence-electron chi connectivity index (χ2n) is 6.24. The summed E-state index contributed by atoms with van der Waals surface area (Å²) in [6.07, 6.45) is 7.00. The predicted molar refractivity (Wildman–Crippen MR) is 83.0 cm³/mol. The third-order valence-corrected chi connectivity index (χ3v) is 4.86. The minimum Gasteiger partial charge on any atom is -0.380 e. The highest BCUT2D eigenvalue weighted by molar-refractivity contribution is 5.94. The van der Waals surface area contributed by atoms with Crippen LogP contribution in [0.5, 0.6) is 0 Å². The maximum Gasteiger partial charge on any atom is 0.224 e. The molecule has 2 unspecified atom stereocenters. The number of carbonyl (C=O) groups is 1. The molecule has 21 heavy (non-hydrogen) atoms. The van der Waals surface area contributed by atoms with Crippen molar-refractivity contribution in [3.05, 3.63) is 23.5 Å². The average Bonchev–Trinajstić information content (AvgIpc) is 2.49. The number of hydrogen-bond donors (Lipinski definition) is 2. The normalized spacial score (nSPS) is 25.1. The van der Waals surface area contributed by atoms with Gasteiger partial charge in [-0.2, -0.15) is 0 Å². The monoisotopic (exact) mass is 290 g/mol. The molecular formula is C17H23FN2O. The zero-order chi connectivity index (χ0) is 14.8. The Hall–Kier alpha value is -1.58. The highest BCUT2D eigenvalue weighted by Gasteiger charge is 2.25. The van der Waals surface area contributed by atoms with Crippen molar-refractivity contribution < 1.29 is 9.18 Å². The van der Waals surface area contributed by atoms with E-state index in [4.69, 9.17) is 0 Å². The van der Waals surface area contributed by atoms with Crippen LogP contribution < -0.4 is 10.6 Å². The lowest BCUT2D eigenvalue weighted by Gasteiger charge is -2.32. The van der Waals surface area contributed by atoms with E-state index >= 15 is 0 Å². The van der Waals surface area contributed by atoms with Gasteiger partial charge < -0.3 is 10.6 Å². The van der Waals surface area contributed by atoms with Crippen LogP contribution in [0.1, 0.15) is 51.0 Å². The van der Waals surface area contributed by atoms with Gasteiger partial charge in [-0.25, -0.2) is 4.39 Å². The van der Waals surface area contributed by atoms with Crippen LogP contribution in [0.2, 0.25) is 0 Å². The molecule has 2 aliphatic rings. The number of amides is 1. The van der Waals surface area contributed by atoms with Gasteiger partial charge >= 0.3 is 0 Å². The highest BCUT2D eigenvalue weighted by Crippen LogP contribution is 2.33. The van der Waals surface area contributed by atoms with Crippen molar-refractivity contribution in [3.63, 3.8) is 0 Å². The summed E-state index contributed by atoms with van der Waals surface area (Å²) in [6, 6.07) is 3.68. The lowest BCUT2D eigenvalue weighted by atomic mass is 9.82. The van der Waals surface area contributed by atoms with Gasteiger partial charge in [0.2, 0.25) is 5.91 Å². The minimum absolute atomic E-state index is 0.0177. The van der Waals surface area contributed by atoms with E-state index in [2.05, 4.69) is 17.6 Å². The molecule has 0 bridgehead atoms. The Labute approximate surface area is 125 Å². The number of aryl methyl sites for hydroxylation is 1. The predicted octanol–water partition coefficient (Wildman–Crippen LogP) is 4.09. The fraction of sp³-hybridized carbons (Fsp3) is 0.588. The van der Waals surface area contributed by atoms with Crippen LogP contribution in [0.3, 0.4) is 0 Å². The summed E-state index contributed by atoms with van der Waals surface area (Å²) in [4.78, 5) is 11.5. The first-order chi connectivity index (χ1) is 10.2. The molecule has 4 heteroatoms. The average molecular weight is 290 g/mol. The summed E-state index contributed by atoms with van der Waals surface area (Å²) >= 11 is 0. The molecule has 3 rings (SSSR count). The lowest BCUT2D eigenvalue weighted by molar-refractivity contribution is -0.116. The quantitative estimate of drug-likeness (QED) is 0.880. The van der Waals surface area contributed by atoms with Crippen LogP contribution >= 0.6 is 0 Å². The second kappa shape index (κ2) is 6.04. The molecule has 1 amide bonds. The first-order valence-corrected chi connectivity index (χ1v) is 8.06. The van der Waals surface area contributed by atoms with Crippen molar-refractivity contribution in [2.24, 2.45) is 5.92 Å². The Morgan fingerprint density at radius 2 is 2.10 bits per heavy atom. The van der Waals surface area contributed by atoms with Gasteiger partial charge in [0.25, 0.3) is 0 Å². The molecule has 1 saturated carbocycles. The zero-order valence-electron chi connectivity index (χ0n) is 12.5. The maximum atomic E-state index is 14.3. The van der Waals surface area contributed by atoms with Gasteiger partial charge in [0.1, 0.15) is 5.82 Å².